The Morgan fingerprint density at radius 2 is 0.400 bits per heavy atom. The Labute approximate surface area is 156 Å². The summed E-state index contributed by atoms with van der Waals surface area (Å²) in [4.78, 5) is 0. The standard InChI is InChI=1S/4Ca.P. The van der Waals surface area contributed by atoms with Crippen molar-refractivity contribution in [3.8, 4) is 0 Å². The Morgan fingerprint density at radius 1 is 0.400 bits per heavy atom. The molecule has 0 bridgehead atoms. The quantitative estimate of drug-likeness (QED) is 0.352. The summed E-state index contributed by atoms with van der Waals surface area (Å²) in [6, 6.07) is 0. The summed E-state index contributed by atoms with van der Waals surface area (Å²) in [7, 11) is 0. The molecule has 0 aromatic heterocycles. The molecule has 0 aliphatic heterocycles. The first-order chi connectivity index (χ1) is 0. The van der Waals surface area contributed by atoms with Crippen molar-refractivity contribution < 1.29 is 0 Å². The average molecular weight is 191 g/mol. The molecule has 5 heteroatoms. The van der Waals surface area contributed by atoms with Gasteiger partial charge in [0.2, 0.25) is 0 Å². The molecule has 5 heavy (non-hydrogen) atoms. The van der Waals surface area contributed by atoms with E-state index in [9.17, 15) is 0 Å². The summed E-state index contributed by atoms with van der Waals surface area (Å²) >= 11 is 0. The van der Waals surface area contributed by atoms with Crippen molar-refractivity contribution in [3.63, 3.8) is 0 Å². The van der Waals surface area contributed by atoms with E-state index < -0.39 is 0 Å². The van der Waals surface area contributed by atoms with E-state index in [2.05, 4.69) is 0 Å². The van der Waals surface area contributed by atoms with Crippen LogP contribution in [-0.4, -0.2) is 151 Å². The first-order valence-corrected chi connectivity index (χ1v) is 0. The fourth-order valence-corrected chi connectivity index (χ4v) is 0. The topological polar surface area (TPSA) is 0 Å². The minimum absolute atomic E-state index is 0. The second-order valence-corrected chi connectivity index (χ2v) is 0. The van der Waals surface area contributed by atoms with Crippen molar-refractivity contribution in [2.45, 2.75) is 0 Å². The van der Waals surface area contributed by atoms with E-state index in [1.54, 1.807) is 0 Å². The average Bonchev–Trinajstić information content (AvgIpc) is 0. The summed E-state index contributed by atoms with van der Waals surface area (Å²) < 4.78 is 0. The Bertz CT molecular complexity index is 3.61. The fraction of sp³-hybridized carbons (Fsp3) is 0. The Morgan fingerprint density at radius 3 is 0.400 bits per heavy atom. The third-order valence-electron chi connectivity index (χ3n) is 0. The monoisotopic (exact) mass is 191 g/mol. The van der Waals surface area contributed by atoms with Gasteiger partial charge in [0.1, 0.15) is 0 Å². The Balaban J connectivity index is 0. The maximum Gasteiger partial charge on any atom is 0 e. The van der Waals surface area contributed by atoms with Crippen LogP contribution in [0.25, 0.3) is 0 Å². The summed E-state index contributed by atoms with van der Waals surface area (Å²) in [5, 5.41) is 0. The third kappa shape index (κ3) is 17.7. The molecular weight excluding hydrogens is 191 g/mol. The minimum Gasteiger partial charge on any atom is 0 e. The van der Waals surface area contributed by atoms with Gasteiger partial charge in [-0.1, -0.05) is 0 Å². The van der Waals surface area contributed by atoms with Gasteiger partial charge in [0.05, 0.1) is 0 Å². The maximum absolute atomic E-state index is 0. The molecule has 0 amide bonds. The molecule has 0 heterocycles. The summed E-state index contributed by atoms with van der Waals surface area (Å²) in [6.45, 7) is 0. The van der Waals surface area contributed by atoms with Gasteiger partial charge in [0.25, 0.3) is 0 Å². The molecule has 0 aromatic rings. The van der Waals surface area contributed by atoms with Crippen molar-refractivity contribution in [1.29, 1.82) is 0 Å². The van der Waals surface area contributed by atoms with E-state index in [0.717, 1.165) is 0 Å². The van der Waals surface area contributed by atoms with Crippen molar-refractivity contribution in [3.05, 3.63) is 0 Å². The maximum atomic E-state index is 0. The predicted molar refractivity (Wildman–Crippen MR) is 29.9 cm³/mol. The van der Waals surface area contributed by atoms with Crippen LogP contribution in [-0.2, 0) is 0 Å². The number of rotatable bonds is 0. The van der Waals surface area contributed by atoms with Gasteiger partial charge in [0.15, 0.2) is 0 Å². The smallest absolute Gasteiger partial charge is 0 e. The van der Waals surface area contributed by atoms with Gasteiger partial charge in [-0.15, -0.1) is 0 Å². The molecule has 13 valence electrons. The minimum atomic E-state index is 0. The molecular formula is Ca4P. The van der Waals surface area contributed by atoms with Crippen LogP contribution in [0.1, 0.15) is 0 Å². The van der Waals surface area contributed by atoms with Gasteiger partial charge in [-0.2, -0.15) is 0 Å². The predicted octanol–water partition coefficient (Wildman–Crippen LogP) is -0.662. The largest absolute Gasteiger partial charge is 0 e. The van der Waals surface area contributed by atoms with Crippen LogP contribution in [0.4, 0.5) is 0 Å². The molecule has 0 unspecified atom stereocenters. The van der Waals surface area contributed by atoms with Crippen molar-refractivity contribution in [2.24, 2.45) is 0 Å². The van der Waals surface area contributed by atoms with E-state index in [1.807, 2.05) is 0 Å². The van der Waals surface area contributed by atoms with Crippen molar-refractivity contribution in [2.75, 3.05) is 0 Å². The van der Waals surface area contributed by atoms with E-state index >= 15 is 0 Å². The van der Waals surface area contributed by atoms with Crippen LogP contribution in [0.3, 0.4) is 0 Å². The van der Waals surface area contributed by atoms with Crippen molar-refractivity contribution in [1.82, 2.24) is 0 Å². The first-order valence-electron chi connectivity index (χ1n) is 0. The van der Waals surface area contributed by atoms with E-state index in [0.29, 0.717) is 0 Å². The molecule has 0 N–H and O–H groups in total. The molecule has 0 aliphatic rings. The normalized spacial score (nSPS) is 0. The number of hydrogen-bond donors (Lipinski definition) is 0. The van der Waals surface area contributed by atoms with Gasteiger partial charge in [-0.25, -0.2) is 0 Å². The summed E-state index contributed by atoms with van der Waals surface area (Å²) in [5.74, 6) is 0. The van der Waals surface area contributed by atoms with Gasteiger partial charge in [0, 0.05) is 161 Å². The Hall–Kier alpha value is 5.47. The van der Waals surface area contributed by atoms with Crippen LogP contribution in [0.5, 0.6) is 0 Å². The van der Waals surface area contributed by atoms with Crippen LogP contribution in [0, 0.1) is 0 Å². The molecule has 0 rings (SSSR count). The van der Waals surface area contributed by atoms with E-state index in [1.165, 1.54) is 0 Å². The van der Waals surface area contributed by atoms with Crippen molar-refractivity contribution >= 4 is 161 Å². The molecule has 0 aliphatic carbocycles. The SMILES string of the molecule is [Ca].[Ca].[Ca].[Ca].[P]. The molecule has 0 atom stereocenters. The second kappa shape index (κ2) is 22.7. The second-order valence-electron chi connectivity index (χ2n) is 0. The summed E-state index contributed by atoms with van der Waals surface area (Å²) in [5.41, 5.74) is 0. The molecule has 0 spiro atoms. The van der Waals surface area contributed by atoms with Crippen LogP contribution < -0.4 is 0 Å². The van der Waals surface area contributed by atoms with Gasteiger partial charge in [-0.3, -0.25) is 0 Å². The number of hydrogen-bond acceptors (Lipinski definition) is 0. The molecule has 0 saturated heterocycles. The van der Waals surface area contributed by atoms with Crippen LogP contribution in [0.15, 0.2) is 0 Å². The van der Waals surface area contributed by atoms with Gasteiger partial charge in [-0.05, 0) is 0 Å². The zero-order chi connectivity index (χ0) is 0. The molecule has 0 nitrogen and oxygen atoms in total. The Kier molecular flexibility index (Phi) is 143. The van der Waals surface area contributed by atoms with Crippen LogP contribution >= 0.6 is 9.90 Å². The fourth-order valence-electron chi connectivity index (χ4n) is 0. The van der Waals surface area contributed by atoms with E-state index in [4.69, 9.17) is 0 Å². The molecule has 11 radical (unpaired) electrons. The molecule has 0 saturated carbocycles. The zero-order valence-corrected chi connectivity index (χ0v) is 13.0. The summed E-state index contributed by atoms with van der Waals surface area (Å²) in [6.07, 6.45) is 0. The molecule has 0 fully saturated rings. The zero-order valence-electron chi connectivity index (χ0n) is 3.28. The third-order valence-corrected chi connectivity index (χ3v) is 0. The molecule has 0 aromatic carbocycles. The van der Waals surface area contributed by atoms with Crippen LogP contribution in [0.2, 0.25) is 0 Å². The van der Waals surface area contributed by atoms with E-state index in [-0.39, 0.29) is 161 Å². The van der Waals surface area contributed by atoms with Gasteiger partial charge >= 0.3 is 0 Å². The first kappa shape index (κ1) is 31.4. The van der Waals surface area contributed by atoms with Gasteiger partial charge < -0.3 is 0 Å².